The molecule has 19 heavy (non-hydrogen) atoms. The van der Waals surface area contributed by atoms with E-state index in [0.29, 0.717) is 0 Å². The quantitative estimate of drug-likeness (QED) is 0.432. The van der Waals surface area contributed by atoms with Gasteiger partial charge in [0.15, 0.2) is 0 Å². The lowest BCUT2D eigenvalue weighted by molar-refractivity contribution is 0.200. The minimum absolute atomic E-state index is 0. The van der Waals surface area contributed by atoms with Gasteiger partial charge in [-0.1, -0.05) is 72.6 Å². The molecule has 0 fully saturated rings. The number of rotatable bonds is 12. The van der Waals surface area contributed by atoms with Crippen molar-refractivity contribution in [3.05, 3.63) is 0 Å². The van der Waals surface area contributed by atoms with Crippen molar-refractivity contribution in [1.29, 1.82) is 0 Å². The van der Waals surface area contributed by atoms with E-state index in [0.717, 1.165) is 5.92 Å². The van der Waals surface area contributed by atoms with Gasteiger partial charge in [-0.3, -0.25) is 0 Å². The smallest absolute Gasteiger partial charge is 0.0182 e. The Kier molecular flexibility index (Phi) is 15.0. The third-order valence-electron chi connectivity index (χ3n) is 4.29. The van der Waals surface area contributed by atoms with E-state index < -0.39 is 0 Å². The van der Waals surface area contributed by atoms with Gasteiger partial charge in [-0.15, -0.1) is 12.4 Å². The van der Waals surface area contributed by atoms with Crippen molar-refractivity contribution in [2.24, 2.45) is 11.7 Å². The number of hydrogen-bond acceptors (Lipinski definition) is 1. The summed E-state index contributed by atoms with van der Waals surface area (Å²) in [5.41, 5.74) is 6.88. The Balaban J connectivity index is 0. The molecule has 1 unspecified atom stereocenters. The van der Waals surface area contributed by atoms with Gasteiger partial charge in [0.25, 0.3) is 0 Å². The molecule has 1 nitrogen and oxygen atoms in total. The van der Waals surface area contributed by atoms with Gasteiger partial charge in [0.2, 0.25) is 0 Å². The molecular formula is C17H38ClN. The second kappa shape index (κ2) is 13.2. The molecule has 0 aromatic rings. The van der Waals surface area contributed by atoms with Gasteiger partial charge in [0.1, 0.15) is 0 Å². The lowest BCUT2D eigenvalue weighted by atomic mass is 9.73. The third-order valence-corrected chi connectivity index (χ3v) is 4.29. The number of hydrogen-bond donors (Lipinski definition) is 1. The van der Waals surface area contributed by atoms with E-state index >= 15 is 0 Å². The molecule has 0 spiro atoms. The fourth-order valence-electron chi connectivity index (χ4n) is 3.35. The predicted molar refractivity (Wildman–Crippen MR) is 91.1 cm³/mol. The third kappa shape index (κ3) is 8.92. The van der Waals surface area contributed by atoms with Gasteiger partial charge in [-0.05, 0) is 31.6 Å². The van der Waals surface area contributed by atoms with Crippen LogP contribution >= 0.6 is 12.4 Å². The van der Waals surface area contributed by atoms with Crippen LogP contribution in [0.5, 0.6) is 0 Å². The van der Waals surface area contributed by atoms with Crippen molar-refractivity contribution >= 4 is 12.4 Å². The molecule has 0 aliphatic heterocycles. The van der Waals surface area contributed by atoms with E-state index in [9.17, 15) is 0 Å². The number of nitrogens with two attached hydrogens (primary N) is 1. The fraction of sp³-hybridized carbons (Fsp3) is 1.00. The van der Waals surface area contributed by atoms with E-state index in [4.69, 9.17) is 5.73 Å². The summed E-state index contributed by atoms with van der Waals surface area (Å²) in [6, 6.07) is 0. The summed E-state index contributed by atoms with van der Waals surface area (Å²) in [6.07, 6.45) is 14.3. The van der Waals surface area contributed by atoms with Crippen LogP contribution in [0.4, 0.5) is 0 Å². The van der Waals surface area contributed by atoms with Crippen LogP contribution in [0, 0.1) is 5.92 Å². The zero-order valence-electron chi connectivity index (χ0n) is 13.8. The van der Waals surface area contributed by atoms with Crippen LogP contribution in [0.15, 0.2) is 0 Å². The van der Waals surface area contributed by atoms with Gasteiger partial charge in [-0.2, -0.15) is 0 Å². The highest BCUT2D eigenvalue weighted by Gasteiger charge is 2.31. The lowest BCUT2D eigenvalue weighted by Crippen LogP contribution is -2.47. The summed E-state index contributed by atoms with van der Waals surface area (Å²) in [5, 5.41) is 0. The first-order valence-corrected chi connectivity index (χ1v) is 8.43. The lowest BCUT2D eigenvalue weighted by Gasteiger charge is -2.38. The maximum Gasteiger partial charge on any atom is 0.0182 e. The Labute approximate surface area is 128 Å². The van der Waals surface area contributed by atoms with Crippen LogP contribution in [0.3, 0.4) is 0 Å². The van der Waals surface area contributed by atoms with Crippen LogP contribution in [-0.4, -0.2) is 5.54 Å². The van der Waals surface area contributed by atoms with Crippen molar-refractivity contribution in [1.82, 2.24) is 0 Å². The molecule has 118 valence electrons. The van der Waals surface area contributed by atoms with Crippen LogP contribution in [-0.2, 0) is 0 Å². The average Bonchev–Trinajstić information content (AvgIpc) is 2.33. The predicted octanol–water partition coefficient (Wildman–Crippen LogP) is 6.09. The standard InChI is InChI=1S/C17H37N.ClH/c1-5-9-10-11-13-16(12-6-2)17(18,14-7-3)15-8-4;/h16H,5-15,18H2,1-4H3;1H. The van der Waals surface area contributed by atoms with Gasteiger partial charge in [-0.25, -0.2) is 0 Å². The van der Waals surface area contributed by atoms with E-state index in [1.54, 1.807) is 0 Å². The van der Waals surface area contributed by atoms with E-state index in [1.165, 1.54) is 70.6 Å². The molecule has 0 saturated carbocycles. The van der Waals surface area contributed by atoms with Crippen molar-refractivity contribution in [3.63, 3.8) is 0 Å². The topological polar surface area (TPSA) is 26.0 Å². The monoisotopic (exact) mass is 291 g/mol. The second-order valence-corrected chi connectivity index (χ2v) is 6.07. The van der Waals surface area contributed by atoms with Crippen LogP contribution in [0.25, 0.3) is 0 Å². The summed E-state index contributed by atoms with van der Waals surface area (Å²) in [6.45, 7) is 9.14. The largest absolute Gasteiger partial charge is 0.325 e. The number of unbranched alkanes of at least 4 members (excludes halogenated alkanes) is 3. The summed E-state index contributed by atoms with van der Waals surface area (Å²) in [7, 11) is 0. The SMILES string of the molecule is CCCCCCC(CCC)C(N)(CCC)CCC.Cl. The zero-order chi connectivity index (χ0) is 13.9. The molecule has 0 bridgehead atoms. The minimum Gasteiger partial charge on any atom is -0.325 e. The Bertz CT molecular complexity index is 176. The first-order valence-electron chi connectivity index (χ1n) is 8.43. The van der Waals surface area contributed by atoms with Gasteiger partial charge in [0, 0.05) is 5.54 Å². The van der Waals surface area contributed by atoms with E-state index in [2.05, 4.69) is 27.7 Å². The molecular weight excluding hydrogens is 254 g/mol. The summed E-state index contributed by atoms with van der Waals surface area (Å²) >= 11 is 0. The molecule has 0 aliphatic rings. The summed E-state index contributed by atoms with van der Waals surface area (Å²) < 4.78 is 0. The maximum absolute atomic E-state index is 6.76. The Morgan fingerprint density at radius 1 is 0.737 bits per heavy atom. The van der Waals surface area contributed by atoms with Crippen LogP contribution in [0.2, 0.25) is 0 Å². The average molecular weight is 292 g/mol. The first kappa shape index (κ1) is 21.5. The highest BCUT2D eigenvalue weighted by molar-refractivity contribution is 5.85. The molecule has 0 amide bonds. The van der Waals surface area contributed by atoms with Gasteiger partial charge in [0.05, 0.1) is 0 Å². The van der Waals surface area contributed by atoms with Crippen LogP contribution in [0.1, 0.15) is 98.3 Å². The normalized spacial score (nSPS) is 13.1. The molecule has 2 N–H and O–H groups in total. The molecule has 0 aromatic carbocycles. The molecule has 0 aromatic heterocycles. The molecule has 0 rings (SSSR count). The van der Waals surface area contributed by atoms with Crippen molar-refractivity contribution in [2.45, 2.75) is 104 Å². The van der Waals surface area contributed by atoms with Gasteiger partial charge >= 0.3 is 0 Å². The minimum atomic E-state index is 0. The van der Waals surface area contributed by atoms with Crippen molar-refractivity contribution in [3.8, 4) is 0 Å². The molecule has 0 saturated heterocycles. The highest BCUT2D eigenvalue weighted by atomic mass is 35.5. The molecule has 0 radical (unpaired) electrons. The maximum atomic E-state index is 6.76. The molecule has 0 aliphatic carbocycles. The fourth-order valence-corrected chi connectivity index (χ4v) is 3.35. The molecule has 0 heterocycles. The molecule has 2 heteroatoms. The molecule has 1 atom stereocenters. The number of halogens is 1. The van der Waals surface area contributed by atoms with Gasteiger partial charge < -0.3 is 5.73 Å². The van der Waals surface area contributed by atoms with Crippen LogP contribution < -0.4 is 5.73 Å². The van der Waals surface area contributed by atoms with Crippen molar-refractivity contribution < 1.29 is 0 Å². The second-order valence-electron chi connectivity index (χ2n) is 6.07. The summed E-state index contributed by atoms with van der Waals surface area (Å²) in [4.78, 5) is 0. The van der Waals surface area contributed by atoms with Crippen molar-refractivity contribution in [2.75, 3.05) is 0 Å². The first-order chi connectivity index (χ1) is 8.64. The highest BCUT2D eigenvalue weighted by Crippen LogP contribution is 2.33. The Morgan fingerprint density at radius 2 is 1.32 bits per heavy atom. The summed E-state index contributed by atoms with van der Waals surface area (Å²) in [5.74, 6) is 0.749. The Hall–Kier alpha value is 0.250. The zero-order valence-corrected chi connectivity index (χ0v) is 14.7. The Morgan fingerprint density at radius 3 is 1.74 bits per heavy atom. The van der Waals surface area contributed by atoms with E-state index in [-0.39, 0.29) is 17.9 Å². The van der Waals surface area contributed by atoms with E-state index in [1.807, 2.05) is 0 Å².